The van der Waals surface area contributed by atoms with Gasteiger partial charge < -0.3 is 14.0 Å². The van der Waals surface area contributed by atoms with Crippen molar-refractivity contribution in [3.8, 4) is 17.2 Å². The van der Waals surface area contributed by atoms with Crippen LogP contribution in [0.25, 0.3) is 11.8 Å². The van der Waals surface area contributed by atoms with Crippen LogP contribution in [0.3, 0.4) is 0 Å². The molecule has 2 aliphatic rings. The van der Waals surface area contributed by atoms with Gasteiger partial charge in [0.1, 0.15) is 17.3 Å². The first-order valence-electron chi connectivity index (χ1n) is 10.3. The number of hydrogen-bond donors (Lipinski definition) is 1. The first kappa shape index (κ1) is 23.8. The molecule has 12 heteroatoms. The molecule has 0 bridgehead atoms. The number of carbonyl (C=O) groups excluding carboxylic acids is 1. The highest BCUT2D eigenvalue weighted by atomic mass is 32.2. The summed E-state index contributed by atoms with van der Waals surface area (Å²) >= 11 is 0.773. The number of sulfone groups is 1. The maximum absolute atomic E-state index is 12.8. The minimum atomic E-state index is -3.71. The number of nitrogens with zero attached hydrogens (tertiary/aromatic N) is 4. The van der Waals surface area contributed by atoms with E-state index in [0.717, 1.165) is 33.9 Å². The van der Waals surface area contributed by atoms with Crippen LogP contribution in [-0.4, -0.2) is 59.9 Å². The average Bonchev–Trinajstić information content (AvgIpc) is 3.37. The lowest BCUT2D eigenvalue weighted by Gasteiger charge is -2.24. The van der Waals surface area contributed by atoms with E-state index < -0.39 is 15.7 Å². The predicted molar refractivity (Wildman–Crippen MR) is 133 cm³/mol. The number of methoxy groups -OCH3 is 2. The van der Waals surface area contributed by atoms with E-state index in [-0.39, 0.29) is 27.5 Å². The van der Waals surface area contributed by atoms with Crippen molar-refractivity contribution in [3.63, 3.8) is 0 Å². The van der Waals surface area contributed by atoms with Crippen molar-refractivity contribution in [2.45, 2.75) is 20.8 Å². The fourth-order valence-corrected chi connectivity index (χ4v) is 5.72. The number of fused-ring (bicyclic) bond motifs is 1. The highest BCUT2D eigenvalue weighted by Gasteiger charge is 2.42. The summed E-state index contributed by atoms with van der Waals surface area (Å²) in [6, 6.07) is 7.33. The molecule has 10 nitrogen and oxygen atoms in total. The number of aliphatic imine (C=N–C) groups is 1. The molecule has 0 atom stereocenters. The molecular formula is C22H23N5O5S2. The fourth-order valence-electron chi connectivity index (χ4n) is 3.76. The quantitative estimate of drug-likeness (QED) is 0.493. The van der Waals surface area contributed by atoms with E-state index in [4.69, 9.17) is 14.9 Å². The largest absolute Gasteiger partial charge is 0.497 e. The molecule has 1 aromatic heterocycles. The molecule has 0 aliphatic carbocycles. The summed E-state index contributed by atoms with van der Waals surface area (Å²) in [5, 5.41) is 8.38. The van der Waals surface area contributed by atoms with Gasteiger partial charge in [-0.1, -0.05) is 6.92 Å². The van der Waals surface area contributed by atoms with Gasteiger partial charge in [-0.25, -0.2) is 13.3 Å². The van der Waals surface area contributed by atoms with E-state index in [0.29, 0.717) is 17.1 Å². The van der Waals surface area contributed by atoms with Gasteiger partial charge >= 0.3 is 0 Å². The number of nitrogens with one attached hydrogen (secondary N) is 1. The van der Waals surface area contributed by atoms with Crippen molar-refractivity contribution in [1.29, 1.82) is 5.41 Å². The highest BCUT2D eigenvalue weighted by molar-refractivity contribution is 8.16. The Labute approximate surface area is 201 Å². The molecule has 0 saturated carbocycles. The third kappa shape index (κ3) is 3.82. The third-order valence-corrected chi connectivity index (χ3v) is 7.96. The highest BCUT2D eigenvalue weighted by Crippen LogP contribution is 2.34. The summed E-state index contributed by atoms with van der Waals surface area (Å²) in [6.45, 7) is 5.28. The van der Waals surface area contributed by atoms with Gasteiger partial charge in [0.05, 0.1) is 43.2 Å². The molecule has 1 aromatic carbocycles. The van der Waals surface area contributed by atoms with Crippen molar-refractivity contribution in [2.75, 3.05) is 20.0 Å². The van der Waals surface area contributed by atoms with E-state index in [2.05, 4.69) is 9.39 Å². The molecule has 0 radical (unpaired) electrons. The van der Waals surface area contributed by atoms with Crippen molar-refractivity contribution < 1.29 is 22.7 Å². The summed E-state index contributed by atoms with van der Waals surface area (Å²) < 4.78 is 41.7. The Morgan fingerprint density at radius 2 is 1.91 bits per heavy atom. The first-order valence-corrected chi connectivity index (χ1v) is 12.7. The smallest absolute Gasteiger partial charge is 0.283 e. The summed E-state index contributed by atoms with van der Waals surface area (Å²) in [4.78, 5) is 17.8. The van der Waals surface area contributed by atoms with Gasteiger partial charge in [-0.15, -0.1) is 0 Å². The van der Waals surface area contributed by atoms with Gasteiger partial charge in [-0.2, -0.15) is 9.39 Å². The minimum Gasteiger partial charge on any atom is -0.497 e. The zero-order chi connectivity index (χ0) is 24.8. The Morgan fingerprint density at radius 3 is 2.56 bits per heavy atom. The molecule has 1 N–H and O–H groups in total. The van der Waals surface area contributed by atoms with Crippen LogP contribution in [0.5, 0.6) is 11.5 Å². The van der Waals surface area contributed by atoms with Crippen LogP contribution in [0.15, 0.2) is 39.2 Å². The molecule has 0 unspecified atom stereocenters. The Balaban J connectivity index is 1.81. The summed E-state index contributed by atoms with van der Waals surface area (Å²) in [7, 11) is -0.548. The number of amides is 1. The lowest BCUT2D eigenvalue weighted by molar-refractivity contribution is -0.114. The Bertz CT molecular complexity index is 1420. The molecule has 3 heterocycles. The number of aryl methyl sites for hydroxylation is 1. The van der Waals surface area contributed by atoms with E-state index in [1.807, 2.05) is 36.6 Å². The van der Waals surface area contributed by atoms with Crippen LogP contribution in [-0.2, 0) is 14.6 Å². The molecular weight excluding hydrogens is 478 g/mol. The van der Waals surface area contributed by atoms with Gasteiger partial charge in [0.15, 0.2) is 0 Å². The van der Waals surface area contributed by atoms with Gasteiger partial charge in [-0.3, -0.25) is 10.2 Å². The second kappa shape index (κ2) is 8.76. The Kier molecular flexibility index (Phi) is 6.13. The van der Waals surface area contributed by atoms with Crippen LogP contribution >= 0.6 is 11.9 Å². The molecule has 2 aromatic rings. The summed E-state index contributed by atoms with van der Waals surface area (Å²) in [5.74, 6) is 0.208. The SMILES string of the molecule is CCS(=O)(=O)C1=NSC2=NC(=O)/C(=C\c3cc(C)n(-c4cc(OC)ccc4OC)c3C)C(=N)N21. The molecule has 34 heavy (non-hydrogen) atoms. The zero-order valence-corrected chi connectivity index (χ0v) is 20.9. The fraction of sp³-hybridized carbons (Fsp3) is 0.273. The van der Waals surface area contributed by atoms with Crippen molar-refractivity contribution in [3.05, 3.63) is 46.8 Å². The van der Waals surface area contributed by atoms with Gasteiger partial charge in [0, 0.05) is 17.5 Å². The maximum Gasteiger partial charge on any atom is 0.283 e. The van der Waals surface area contributed by atoms with Gasteiger partial charge in [-0.05, 0) is 43.7 Å². The van der Waals surface area contributed by atoms with Crippen LogP contribution in [0.4, 0.5) is 0 Å². The monoisotopic (exact) mass is 501 g/mol. The summed E-state index contributed by atoms with van der Waals surface area (Å²) in [5.41, 5.74) is 3.06. The first-order chi connectivity index (χ1) is 16.1. The van der Waals surface area contributed by atoms with Gasteiger partial charge in [0.25, 0.3) is 5.91 Å². The number of amidine groups is 3. The van der Waals surface area contributed by atoms with Crippen LogP contribution in [0.1, 0.15) is 23.9 Å². The zero-order valence-electron chi connectivity index (χ0n) is 19.2. The Hall–Kier alpha value is -3.38. The van der Waals surface area contributed by atoms with Crippen molar-refractivity contribution >= 4 is 49.9 Å². The predicted octanol–water partition coefficient (Wildman–Crippen LogP) is 3.12. The van der Waals surface area contributed by atoms with E-state index >= 15 is 0 Å². The second-order valence-electron chi connectivity index (χ2n) is 7.51. The lowest BCUT2D eigenvalue weighted by atomic mass is 10.1. The van der Waals surface area contributed by atoms with Crippen LogP contribution in [0.2, 0.25) is 0 Å². The molecule has 2 aliphatic heterocycles. The number of ether oxygens (including phenoxy) is 2. The van der Waals surface area contributed by atoms with E-state index in [1.165, 1.54) is 6.92 Å². The normalized spacial score (nSPS) is 17.1. The molecule has 0 saturated heterocycles. The van der Waals surface area contributed by atoms with Crippen LogP contribution in [0, 0.1) is 19.3 Å². The average molecular weight is 502 g/mol. The molecule has 0 spiro atoms. The van der Waals surface area contributed by atoms with E-state index in [1.54, 1.807) is 26.4 Å². The molecule has 1 amide bonds. The van der Waals surface area contributed by atoms with Crippen molar-refractivity contribution in [1.82, 2.24) is 9.47 Å². The molecule has 4 rings (SSSR count). The lowest BCUT2D eigenvalue weighted by Crippen LogP contribution is -2.45. The van der Waals surface area contributed by atoms with Crippen molar-refractivity contribution in [2.24, 2.45) is 9.39 Å². The third-order valence-electron chi connectivity index (χ3n) is 5.55. The number of hydrogen-bond acceptors (Lipinski definition) is 8. The number of benzene rings is 1. The topological polar surface area (TPSA) is 126 Å². The number of carbonyl (C=O) groups is 1. The second-order valence-corrected chi connectivity index (χ2v) is 10.4. The number of aromatic nitrogens is 1. The summed E-state index contributed by atoms with van der Waals surface area (Å²) in [6.07, 6.45) is 1.55. The Morgan fingerprint density at radius 1 is 1.18 bits per heavy atom. The van der Waals surface area contributed by atoms with Crippen LogP contribution < -0.4 is 9.47 Å². The minimum absolute atomic E-state index is 0.0249. The standard InChI is InChI=1S/C22H23N5O5S2/c1-6-34(29,30)22-25-33-21-24-20(28)16(19(23)27(21)22)10-14-9-12(2)26(13(14)3)17-11-15(31-4)7-8-18(17)32-5/h7-11,23H,6H2,1-5H3/b16-10-,23-19?. The number of rotatable bonds is 5. The van der Waals surface area contributed by atoms with E-state index in [9.17, 15) is 13.2 Å². The molecule has 178 valence electrons. The maximum atomic E-state index is 12.8. The van der Waals surface area contributed by atoms with Gasteiger partial charge in [0.2, 0.25) is 20.2 Å². The molecule has 0 fully saturated rings.